The monoisotopic (exact) mass is 517 g/mol. The van der Waals surface area contributed by atoms with E-state index < -0.39 is 11.7 Å². The molecule has 0 radical (unpaired) electrons. The van der Waals surface area contributed by atoms with Crippen LogP contribution in [0.2, 0.25) is 5.02 Å². The number of halogens is 4. The van der Waals surface area contributed by atoms with Gasteiger partial charge in [0.15, 0.2) is 0 Å². The number of amides is 2. The van der Waals surface area contributed by atoms with E-state index in [1.807, 2.05) is 42.5 Å². The summed E-state index contributed by atoms with van der Waals surface area (Å²) in [6.45, 7) is 3.25. The zero-order chi connectivity index (χ0) is 25.5. The van der Waals surface area contributed by atoms with Crippen LogP contribution < -0.4 is 5.32 Å². The molecule has 2 amide bonds. The lowest BCUT2D eigenvalue weighted by Crippen LogP contribution is -2.50. The molecule has 3 aromatic carbocycles. The van der Waals surface area contributed by atoms with Crippen LogP contribution in [0.4, 0.5) is 23.7 Å². The van der Waals surface area contributed by atoms with Crippen molar-refractivity contribution in [2.45, 2.75) is 18.9 Å². The minimum Gasteiger partial charge on any atom is -0.368 e. The van der Waals surface area contributed by atoms with Crippen LogP contribution >= 0.6 is 11.6 Å². The van der Waals surface area contributed by atoms with Gasteiger partial charge in [0.25, 0.3) is 0 Å². The summed E-state index contributed by atoms with van der Waals surface area (Å²) in [5, 5.41) is 3.52. The van der Waals surface area contributed by atoms with Gasteiger partial charge in [-0.3, -0.25) is 4.90 Å². The van der Waals surface area contributed by atoms with E-state index in [4.69, 9.17) is 16.3 Å². The summed E-state index contributed by atoms with van der Waals surface area (Å²) in [7, 11) is 0. The molecule has 0 aromatic heterocycles. The van der Waals surface area contributed by atoms with E-state index in [0.717, 1.165) is 23.4 Å². The molecule has 1 aliphatic rings. The second kappa shape index (κ2) is 11.8. The lowest BCUT2D eigenvalue weighted by Gasteiger charge is -2.36. The molecule has 0 saturated carbocycles. The van der Waals surface area contributed by atoms with Crippen LogP contribution in [0.15, 0.2) is 78.9 Å². The van der Waals surface area contributed by atoms with Gasteiger partial charge in [-0.25, -0.2) is 4.79 Å². The number of nitrogens with zero attached hydrogens (tertiary/aromatic N) is 2. The number of hydrogen-bond acceptors (Lipinski definition) is 3. The Hall–Kier alpha value is -3.07. The first-order chi connectivity index (χ1) is 17.3. The molecular formula is C27H27ClF3N3O2. The molecule has 36 heavy (non-hydrogen) atoms. The minimum atomic E-state index is -4.37. The fraction of sp³-hybridized carbons (Fsp3) is 0.296. The highest BCUT2D eigenvalue weighted by Gasteiger charge is 2.30. The Labute approximate surface area is 213 Å². The van der Waals surface area contributed by atoms with Crippen molar-refractivity contribution < 1.29 is 22.7 Å². The van der Waals surface area contributed by atoms with Gasteiger partial charge in [-0.2, -0.15) is 13.2 Å². The molecule has 4 rings (SSSR count). The highest BCUT2D eigenvalue weighted by Crippen LogP contribution is 2.30. The van der Waals surface area contributed by atoms with Crippen LogP contribution in [0.5, 0.6) is 0 Å². The molecule has 190 valence electrons. The number of alkyl halides is 3. The van der Waals surface area contributed by atoms with Crippen LogP contribution in [0.1, 0.15) is 22.8 Å². The Kier molecular flexibility index (Phi) is 8.51. The van der Waals surface area contributed by atoms with Gasteiger partial charge in [0.05, 0.1) is 18.3 Å². The van der Waals surface area contributed by atoms with Crippen molar-refractivity contribution in [3.05, 3.63) is 101 Å². The van der Waals surface area contributed by atoms with Gasteiger partial charge in [0.2, 0.25) is 0 Å². The molecule has 9 heteroatoms. The summed E-state index contributed by atoms with van der Waals surface area (Å²) in [6.07, 6.45) is -4.68. The lowest BCUT2D eigenvalue weighted by atomic mass is 10.1. The fourth-order valence-corrected chi connectivity index (χ4v) is 4.14. The van der Waals surface area contributed by atoms with Gasteiger partial charge in [0, 0.05) is 43.4 Å². The van der Waals surface area contributed by atoms with E-state index >= 15 is 0 Å². The summed E-state index contributed by atoms with van der Waals surface area (Å²) >= 11 is 6.05. The minimum absolute atomic E-state index is 0.131. The fourth-order valence-electron chi connectivity index (χ4n) is 4.01. The number of ether oxygens (including phenoxy) is 1. The summed E-state index contributed by atoms with van der Waals surface area (Å²) in [4.78, 5) is 16.6. The first kappa shape index (κ1) is 26.0. The van der Waals surface area contributed by atoms with Crippen molar-refractivity contribution in [3.63, 3.8) is 0 Å². The van der Waals surface area contributed by atoms with Gasteiger partial charge in [-0.1, -0.05) is 54.1 Å². The van der Waals surface area contributed by atoms with Crippen molar-refractivity contribution >= 4 is 23.3 Å². The first-order valence-electron chi connectivity index (χ1n) is 11.6. The summed E-state index contributed by atoms with van der Waals surface area (Å²) in [5.41, 5.74) is 1.65. The Morgan fingerprint density at radius 3 is 2.17 bits per heavy atom. The van der Waals surface area contributed by atoms with Crippen molar-refractivity contribution in [3.8, 4) is 0 Å². The van der Waals surface area contributed by atoms with E-state index in [9.17, 15) is 18.0 Å². The third-order valence-electron chi connectivity index (χ3n) is 6.08. The predicted octanol–water partition coefficient (Wildman–Crippen LogP) is 6.47. The van der Waals surface area contributed by atoms with Gasteiger partial charge in [-0.05, 0) is 47.5 Å². The Morgan fingerprint density at radius 1 is 0.917 bits per heavy atom. The molecule has 0 aliphatic carbocycles. The molecule has 1 atom stereocenters. The Balaban J connectivity index is 1.35. The zero-order valence-corrected chi connectivity index (χ0v) is 20.3. The smallest absolute Gasteiger partial charge is 0.368 e. The van der Waals surface area contributed by atoms with Gasteiger partial charge in [-0.15, -0.1) is 0 Å². The molecule has 1 fully saturated rings. The van der Waals surface area contributed by atoms with Crippen molar-refractivity contribution in [2.24, 2.45) is 0 Å². The summed E-state index contributed by atoms with van der Waals surface area (Å²) in [5.74, 6) is 0. The third-order valence-corrected chi connectivity index (χ3v) is 6.33. The van der Waals surface area contributed by atoms with Crippen molar-refractivity contribution in [2.75, 3.05) is 38.0 Å². The molecule has 1 N–H and O–H groups in total. The van der Waals surface area contributed by atoms with Crippen molar-refractivity contribution in [1.29, 1.82) is 0 Å². The predicted molar refractivity (Wildman–Crippen MR) is 134 cm³/mol. The van der Waals surface area contributed by atoms with Crippen LogP contribution in [-0.4, -0.2) is 48.6 Å². The number of urea groups is 1. The second-order valence-electron chi connectivity index (χ2n) is 8.63. The third kappa shape index (κ3) is 7.22. The molecule has 1 saturated heterocycles. The number of benzene rings is 3. The number of rotatable bonds is 7. The first-order valence-corrected chi connectivity index (χ1v) is 12.0. The Morgan fingerprint density at radius 2 is 1.56 bits per heavy atom. The molecule has 3 aromatic rings. The topological polar surface area (TPSA) is 44.8 Å². The Bertz CT molecular complexity index is 1120. The average molecular weight is 518 g/mol. The number of carbonyl (C=O) groups is 1. The molecule has 0 unspecified atom stereocenters. The summed E-state index contributed by atoms with van der Waals surface area (Å²) in [6, 6.07) is 21.6. The number of hydrogen-bond donors (Lipinski definition) is 1. The van der Waals surface area contributed by atoms with E-state index in [2.05, 4.69) is 10.2 Å². The molecule has 0 bridgehead atoms. The van der Waals surface area contributed by atoms with Gasteiger partial charge >= 0.3 is 12.2 Å². The number of anilines is 1. The zero-order valence-electron chi connectivity index (χ0n) is 19.5. The van der Waals surface area contributed by atoms with E-state index in [1.54, 1.807) is 17.0 Å². The maximum atomic E-state index is 12.9. The molecule has 1 heterocycles. The normalized spacial score (nSPS) is 15.5. The molecule has 0 spiro atoms. The van der Waals surface area contributed by atoms with E-state index in [1.165, 1.54) is 12.1 Å². The largest absolute Gasteiger partial charge is 0.416 e. The maximum Gasteiger partial charge on any atom is 0.416 e. The molecule has 5 nitrogen and oxygen atoms in total. The SMILES string of the molecule is O=C(Nc1ccccc1)N1CCN(C[C@@H](OCc2ccc(C(F)(F)F)cc2)c2ccc(Cl)cc2)CC1. The quantitative estimate of drug-likeness (QED) is 0.391. The highest BCUT2D eigenvalue weighted by atomic mass is 35.5. The van der Waals surface area contributed by atoms with Crippen LogP contribution in [0.25, 0.3) is 0 Å². The second-order valence-corrected chi connectivity index (χ2v) is 9.07. The van der Waals surface area contributed by atoms with Crippen molar-refractivity contribution in [1.82, 2.24) is 9.80 Å². The molecular weight excluding hydrogens is 491 g/mol. The highest BCUT2D eigenvalue weighted by molar-refractivity contribution is 6.30. The molecule has 1 aliphatic heterocycles. The summed E-state index contributed by atoms with van der Waals surface area (Å²) < 4.78 is 44.8. The number of nitrogens with one attached hydrogen (secondary N) is 1. The van der Waals surface area contributed by atoms with Crippen LogP contribution in [-0.2, 0) is 17.5 Å². The van der Waals surface area contributed by atoms with Gasteiger partial charge in [0.1, 0.15) is 0 Å². The average Bonchev–Trinajstić information content (AvgIpc) is 2.88. The van der Waals surface area contributed by atoms with E-state index in [0.29, 0.717) is 43.3 Å². The van der Waals surface area contributed by atoms with Gasteiger partial charge < -0.3 is 15.0 Å². The van der Waals surface area contributed by atoms with Crippen LogP contribution in [0, 0.1) is 0 Å². The maximum absolute atomic E-state index is 12.9. The van der Waals surface area contributed by atoms with E-state index in [-0.39, 0.29) is 18.7 Å². The number of para-hydroxylation sites is 1. The standard InChI is InChI=1S/C27H27ClF3N3O2/c28-23-12-8-21(9-13-23)25(36-19-20-6-10-22(11-7-20)27(29,30)31)18-33-14-16-34(17-15-33)26(35)32-24-4-2-1-3-5-24/h1-13,25H,14-19H2,(H,32,35)/t25-/m1/s1. The number of piperazine rings is 1. The lowest BCUT2D eigenvalue weighted by molar-refractivity contribution is -0.137. The van der Waals surface area contributed by atoms with Crippen LogP contribution in [0.3, 0.4) is 0 Å². The number of carbonyl (C=O) groups excluding carboxylic acids is 1.